The van der Waals surface area contributed by atoms with Crippen LogP contribution in [0.4, 0.5) is 0 Å². The van der Waals surface area contributed by atoms with Gasteiger partial charge < -0.3 is 9.47 Å². The lowest BCUT2D eigenvalue weighted by molar-refractivity contribution is -0.138. The average molecular weight is 302 g/mol. The number of hydrogen-bond donors (Lipinski definition) is 0. The normalized spacial score (nSPS) is 14.0. The van der Waals surface area contributed by atoms with Crippen LogP contribution in [0.15, 0.2) is 29.8 Å². The number of benzene rings is 1. The minimum atomic E-state index is -0.486. The molecule has 0 saturated heterocycles. The summed E-state index contributed by atoms with van der Waals surface area (Å²) in [6, 6.07) is 7.88. The maximum atomic E-state index is 12.2. The fourth-order valence-corrected chi connectivity index (χ4v) is 3.93. The quantitative estimate of drug-likeness (QED) is 0.800. The highest BCUT2D eigenvalue weighted by Gasteiger charge is 2.32. The molecular weight excluding hydrogens is 288 g/mol. The first-order chi connectivity index (χ1) is 10.2. The summed E-state index contributed by atoms with van der Waals surface area (Å²) < 4.78 is 10.8. The molecule has 1 aromatic carbocycles. The minimum absolute atomic E-state index is 0.350. The van der Waals surface area contributed by atoms with E-state index < -0.39 is 11.9 Å². The van der Waals surface area contributed by atoms with Crippen molar-refractivity contribution in [3.63, 3.8) is 0 Å². The van der Waals surface area contributed by atoms with Crippen LogP contribution in [0, 0.1) is 0 Å². The van der Waals surface area contributed by atoms with Gasteiger partial charge in [-0.05, 0) is 18.9 Å². The first kappa shape index (κ1) is 13.8. The number of carbonyl (C=O) groups is 2. The molecule has 0 saturated carbocycles. The van der Waals surface area contributed by atoms with Crippen LogP contribution >= 0.6 is 11.3 Å². The molecule has 4 nitrogen and oxygen atoms in total. The molecule has 1 aliphatic carbocycles. The van der Waals surface area contributed by atoms with Crippen molar-refractivity contribution in [2.45, 2.75) is 12.8 Å². The second-order valence-electron chi connectivity index (χ2n) is 4.73. The molecule has 21 heavy (non-hydrogen) atoms. The lowest BCUT2D eigenvalue weighted by Gasteiger charge is -2.18. The van der Waals surface area contributed by atoms with Gasteiger partial charge in [0.1, 0.15) is 0 Å². The van der Waals surface area contributed by atoms with E-state index in [2.05, 4.69) is 0 Å². The number of carbonyl (C=O) groups excluding carboxylic acids is 2. The molecule has 5 heteroatoms. The lowest BCUT2D eigenvalue weighted by Crippen LogP contribution is -2.18. The monoisotopic (exact) mass is 302 g/mol. The van der Waals surface area contributed by atoms with Gasteiger partial charge >= 0.3 is 11.9 Å². The highest BCUT2D eigenvalue weighted by Crippen LogP contribution is 2.42. The summed E-state index contributed by atoms with van der Waals surface area (Å²) in [5.74, 6) is -0.948. The molecule has 1 aliphatic rings. The summed E-state index contributed by atoms with van der Waals surface area (Å²) >= 11 is 1.66. The first-order valence-electron chi connectivity index (χ1n) is 6.58. The lowest BCUT2D eigenvalue weighted by atomic mass is 9.88. The fraction of sp³-hybridized carbons (Fsp3) is 0.250. The average Bonchev–Trinajstić information content (AvgIpc) is 2.91. The van der Waals surface area contributed by atoms with Gasteiger partial charge in [-0.2, -0.15) is 0 Å². The molecule has 0 atom stereocenters. The summed E-state index contributed by atoms with van der Waals surface area (Å²) in [6.07, 6.45) is 1.23. The zero-order chi connectivity index (χ0) is 15.0. The molecule has 0 spiro atoms. The van der Waals surface area contributed by atoms with E-state index in [4.69, 9.17) is 9.47 Å². The van der Waals surface area contributed by atoms with Crippen LogP contribution in [0.25, 0.3) is 15.7 Å². The van der Waals surface area contributed by atoms with E-state index in [0.717, 1.165) is 26.9 Å². The molecule has 0 fully saturated rings. The molecule has 1 heterocycles. The Morgan fingerprint density at radius 2 is 1.76 bits per heavy atom. The minimum Gasteiger partial charge on any atom is -0.466 e. The molecule has 0 amide bonds. The van der Waals surface area contributed by atoms with Crippen molar-refractivity contribution >= 4 is 38.9 Å². The fourth-order valence-electron chi connectivity index (χ4n) is 2.72. The Bertz CT molecular complexity index is 770. The summed E-state index contributed by atoms with van der Waals surface area (Å²) in [4.78, 5) is 25.3. The number of thiophene rings is 1. The second-order valence-corrected chi connectivity index (χ2v) is 5.87. The Morgan fingerprint density at radius 3 is 2.48 bits per heavy atom. The Kier molecular flexibility index (Phi) is 3.51. The second kappa shape index (κ2) is 5.33. The van der Waals surface area contributed by atoms with Gasteiger partial charge in [-0.3, -0.25) is 0 Å². The summed E-state index contributed by atoms with van der Waals surface area (Å²) in [5, 5.41) is 0.985. The number of ether oxygens (including phenoxy) is 2. The van der Waals surface area contributed by atoms with E-state index >= 15 is 0 Å². The van der Waals surface area contributed by atoms with Gasteiger partial charge in [-0.25, -0.2) is 9.59 Å². The van der Waals surface area contributed by atoms with Crippen LogP contribution in [-0.4, -0.2) is 26.2 Å². The third-order valence-electron chi connectivity index (χ3n) is 3.64. The number of hydrogen-bond acceptors (Lipinski definition) is 5. The third kappa shape index (κ3) is 2.14. The number of fused-ring (bicyclic) bond motifs is 3. The van der Waals surface area contributed by atoms with E-state index in [1.807, 2.05) is 24.3 Å². The molecule has 2 aromatic rings. The highest BCUT2D eigenvalue weighted by molar-refractivity contribution is 7.19. The Morgan fingerprint density at radius 1 is 1.05 bits per heavy atom. The first-order valence-corrected chi connectivity index (χ1v) is 7.39. The number of aryl methyl sites for hydroxylation is 1. The summed E-state index contributed by atoms with van der Waals surface area (Å²) in [7, 11) is 2.65. The van der Waals surface area contributed by atoms with Gasteiger partial charge in [-0.1, -0.05) is 18.2 Å². The van der Waals surface area contributed by atoms with Crippen molar-refractivity contribution in [2.24, 2.45) is 0 Å². The van der Waals surface area contributed by atoms with Crippen LogP contribution in [-0.2, 0) is 25.5 Å². The molecular formula is C16H14O4S. The number of rotatable bonds is 2. The number of methoxy groups -OCH3 is 2. The number of esters is 2. The smallest absolute Gasteiger partial charge is 0.339 e. The Hall–Kier alpha value is -2.14. The van der Waals surface area contributed by atoms with Crippen LogP contribution in [0.1, 0.15) is 16.9 Å². The van der Waals surface area contributed by atoms with Crippen LogP contribution in [0.3, 0.4) is 0 Å². The van der Waals surface area contributed by atoms with Crippen molar-refractivity contribution in [1.29, 1.82) is 0 Å². The molecule has 0 N–H and O–H groups in total. The molecule has 1 aromatic heterocycles. The van der Waals surface area contributed by atoms with Gasteiger partial charge in [0.2, 0.25) is 0 Å². The van der Waals surface area contributed by atoms with Crippen LogP contribution < -0.4 is 0 Å². The van der Waals surface area contributed by atoms with E-state index in [1.165, 1.54) is 14.2 Å². The Labute approximate surface area is 126 Å². The predicted octanol–water partition coefficient (Wildman–Crippen LogP) is 2.95. The Balaban J connectivity index is 2.32. The highest BCUT2D eigenvalue weighted by atomic mass is 32.1. The summed E-state index contributed by atoms with van der Waals surface area (Å²) in [6.45, 7) is 0. The predicted molar refractivity (Wildman–Crippen MR) is 81.1 cm³/mol. The van der Waals surface area contributed by atoms with Gasteiger partial charge in [-0.15, -0.1) is 11.3 Å². The summed E-state index contributed by atoms with van der Waals surface area (Å²) in [5.41, 5.74) is 1.58. The zero-order valence-electron chi connectivity index (χ0n) is 11.8. The molecule has 0 aliphatic heterocycles. The van der Waals surface area contributed by atoms with Crippen molar-refractivity contribution in [3.05, 3.63) is 40.3 Å². The molecule has 0 unspecified atom stereocenters. The zero-order valence-corrected chi connectivity index (χ0v) is 12.6. The van der Waals surface area contributed by atoms with Crippen molar-refractivity contribution in [2.75, 3.05) is 14.2 Å². The third-order valence-corrected chi connectivity index (χ3v) is 4.87. The standard InChI is InChI=1S/C16H14O4S/c1-19-15(17)10-7-8-12-13(14(10)16(18)20-2)9-5-3-4-6-11(9)21-12/h3-6H,7-8H2,1-2H3. The van der Waals surface area contributed by atoms with Gasteiger partial charge in [0, 0.05) is 20.5 Å². The van der Waals surface area contributed by atoms with E-state index in [9.17, 15) is 9.59 Å². The van der Waals surface area contributed by atoms with Crippen molar-refractivity contribution < 1.29 is 19.1 Å². The van der Waals surface area contributed by atoms with E-state index in [1.54, 1.807) is 11.3 Å². The van der Waals surface area contributed by atoms with E-state index in [-0.39, 0.29) is 0 Å². The van der Waals surface area contributed by atoms with E-state index in [0.29, 0.717) is 17.6 Å². The SMILES string of the molecule is COC(=O)C1=C(C(=O)OC)c2c(sc3ccccc23)CC1. The van der Waals surface area contributed by atoms with Crippen LogP contribution in [0.2, 0.25) is 0 Å². The van der Waals surface area contributed by atoms with Gasteiger partial charge in [0.25, 0.3) is 0 Å². The maximum absolute atomic E-state index is 12.2. The van der Waals surface area contributed by atoms with Gasteiger partial charge in [0.05, 0.1) is 25.4 Å². The molecule has 3 rings (SSSR count). The van der Waals surface area contributed by atoms with Crippen molar-refractivity contribution in [3.8, 4) is 0 Å². The molecule has 0 radical (unpaired) electrons. The molecule has 0 bridgehead atoms. The van der Waals surface area contributed by atoms with Crippen LogP contribution in [0.5, 0.6) is 0 Å². The topological polar surface area (TPSA) is 52.6 Å². The largest absolute Gasteiger partial charge is 0.466 e. The molecule has 108 valence electrons. The maximum Gasteiger partial charge on any atom is 0.339 e. The van der Waals surface area contributed by atoms with Gasteiger partial charge in [0.15, 0.2) is 0 Å². The van der Waals surface area contributed by atoms with Crippen molar-refractivity contribution in [1.82, 2.24) is 0 Å².